The molecule has 0 radical (unpaired) electrons. The Kier molecular flexibility index (Phi) is 12.0. The molecule has 1 saturated carbocycles. The fourth-order valence-corrected chi connectivity index (χ4v) is 7.18. The molecule has 6 atom stereocenters. The minimum absolute atomic E-state index is 0.105. The van der Waals surface area contributed by atoms with E-state index >= 15 is 0 Å². The zero-order valence-corrected chi connectivity index (χ0v) is 29.9. The van der Waals surface area contributed by atoms with Crippen molar-refractivity contribution in [3.05, 3.63) is 167 Å². The van der Waals surface area contributed by atoms with Crippen LogP contribution in [0.1, 0.15) is 35.1 Å². The molecule has 1 fully saturated rings. The van der Waals surface area contributed by atoms with Gasteiger partial charge < -0.3 is 19.9 Å². The zero-order chi connectivity index (χ0) is 37.3. The van der Waals surface area contributed by atoms with Crippen molar-refractivity contribution < 1.29 is 33.8 Å². The maximum absolute atomic E-state index is 14.2. The van der Waals surface area contributed by atoms with Crippen LogP contribution in [0.4, 0.5) is 0 Å². The van der Waals surface area contributed by atoms with E-state index in [1.54, 1.807) is 48.5 Å². The van der Waals surface area contributed by atoms with E-state index in [2.05, 4.69) is 5.32 Å². The number of carboxylic acids is 1. The first-order valence-electron chi connectivity index (χ1n) is 17.5. The van der Waals surface area contributed by atoms with E-state index in [9.17, 15) is 24.3 Å². The van der Waals surface area contributed by atoms with Gasteiger partial charge in [-0.25, -0.2) is 0 Å². The summed E-state index contributed by atoms with van der Waals surface area (Å²) in [6.45, 7) is 1.64. The summed E-state index contributed by atoms with van der Waals surface area (Å²) in [6, 6.07) is 43.0. The summed E-state index contributed by atoms with van der Waals surface area (Å²) in [7, 11) is 0. The average molecular weight is 730 g/mol. The smallest absolute Gasteiger partial charge is 0.311 e. The molecule has 0 spiro atoms. The molecule has 1 aliphatic rings. The van der Waals surface area contributed by atoms with Crippen LogP contribution in [-0.2, 0) is 48.3 Å². The van der Waals surface area contributed by atoms with E-state index in [1.165, 1.54) is 0 Å². The molecule has 270 valence electrons. The van der Waals surface area contributed by atoms with Gasteiger partial charge in [-0.15, -0.1) is 0 Å². The summed E-state index contributed by atoms with van der Waals surface area (Å²) in [4.78, 5) is 54.2. The lowest BCUT2D eigenvalue weighted by molar-refractivity contribution is -0.193. The topological polar surface area (TPSA) is 119 Å². The predicted octanol–water partition coefficient (Wildman–Crippen LogP) is 7.89. The lowest BCUT2D eigenvalue weighted by Gasteiger charge is -2.46. The third kappa shape index (κ3) is 9.02. The monoisotopic (exact) mass is 729 g/mol. The highest BCUT2D eigenvalue weighted by Gasteiger charge is 2.65. The maximum atomic E-state index is 14.2. The van der Waals surface area contributed by atoms with Crippen LogP contribution >= 0.6 is 11.6 Å². The molecule has 0 bridgehead atoms. The largest absolute Gasteiger partial charge is 0.481 e. The Balaban J connectivity index is 1.25. The third-order valence-electron chi connectivity index (χ3n) is 9.92. The Bertz CT molecular complexity index is 2000. The van der Waals surface area contributed by atoms with Crippen molar-refractivity contribution in [3.63, 3.8) is 0 Å². The Labute approximate surface area is 313 Å². The summed E-state index contributed by atoms with van der Waals surface area (Å²) in [5.41, 5.74) is 5.46. The minimum Gasteiger partial charge on any atom is -0.481 e. The van der Waals surface area contributed by atoms with Gasteiger partial charge in [-0.05, 0) is 58.9 Å². The summed E-state index contributed by atoms with van der Waals surface area (Å²) >= 11 is 6.17. The minimum atomic E-state index is -1.50. The van der Waals surface area contributed by atoms with Gasteiger partial charge in [0.05, 0.1) is 23.7 Å². The van der Waals surface area contributed by atoms with Crippen LogP contribution in [0.25, 0.3) is 11.1 Å². The van der Waals surface area contributed by atoms with Crippen molar-refractivity contribution in [2.75, 3.05) is 0 Å². The van der Waals surface area contributed by atoms with Crippen molar-refractivity contribution >= 4 is 35.4 Å². The van der Waals surface area contributed by atoms with E-state index in [0.717, 1.165) is 22.3 Å². The van der Waals surface area contributed by atoms with Gasteiger partial charge in [-0.3, -0.25) is 19.2 Å². The van der Waals surface area contributed by atoms with Crippen LogP contribution in [0.3, 0.4) is 0 Å². The number of aliphatic carboxylic acids is 1. The van der Waals surface area contributed by atoms with E-state index in [1.807, 2.05) is 97.9 Å². The van der Waals surface area contributed by atoms with Gasteiger partial charge in [0.1, 0.15) is 13.2 Å². The highest BCUT2D eigenvalue weighted by atomic mass is 35.5. The van der Waals surface area contributed by atoms with Crippen LogP contribution in [0.15, 0.2) is 140 Å². The summed E-state index contributed by atoms with van der Waals surface area (Å²) in [6.07, 6.45) is 0.535. The van der Waals surface area contributed by atoms with Crippen LogP contribution in [0.2, 0.25) is 5.02 Å². The molecule has 1 amide bonds. The highest BCUT2D eigenvalue weighted by molar-refractivity contribution is 6.30. The number of halogens is 1. The second kappa shape index (κ2) is 17.2. The molecule has 0 aromatic heterocycles. The molecule has 0 heterocycles. The first-order valence-corrected chi connectivity index (χ1v) is 17.9. The van der Waals surface area contributed by atoms with Gasteiger partial charge in [0.15, 0.2) is 0 Å². The number of amides is 1. The number of hydrogen-bond donors (Lipinski definition) is 2. The second-order valence-electron chi connectivity index (χ2n) is 13.4. The molecule has 8 nitrogen and oxygen atoms in total. The first-order chi connectivity index (χ1) is 25.7. The lowest BCUT2D eigenvalue weighted by atomic mass is 9.56. The first kappa shape index (κ1) is 37.0. The molecule has 5 aromatic rings. The Morgan fingerprint density at radius 3 is 1.58 bits per heavy atom. The van der Waals surface area contributed by atoms with Gasteiger partial charge in [-0.1, -0.05) is 139 Å². The normalized spacial score (nSPS) is 18.8. The van der Waals surface area contributed by atoms with E-state index < -0.39 is 53.5 Å². The van der Waals surface area contributed by atoms with Crippen molar-refractivity contribution in [1.82, 2.24) is 5.32 Å². The number of carbonyl (C=O) groups excluding carboxylic acids is 3. The highest BCUT2D eigenvalue weighted by Crippen LogP contribution is 2.48. The molecule has 5 aromatic carbocycles. The number of rotatable bonds is 14. The zero-order valence-electron chi connectivity index (χ0n) is 29.1. The number of benzene rings is 5. The van der Waals surface area contributed by atoms with Crippen LogP contribution in [0, 0.1) is 23.7 Å². The number of esters is 2. The second-order valence-corrected chi connectivity index (χ2v) is 13.8. The van der Waals surface area contributed by atoms with Gasteiger partial charge in [0.2, 0.25) is 5.91 Å². The number of hydrogen-bond acceptors (Lipinski definition) is 6. The SMILES string of the molecule is C[C@H](NC(=O)[C@@H]1[C@@H](C(=O)O)[C@@H](C(=O)OCc2ccccc2)[C@@H]1C(=O)OCc1ccccc1)[C@H](Cc1ccc(Cl)cc1)c1ccc(-c2ccccc2)cc1. The standard InChI is InChI=1S/C44H40ClNO7/c1-28(36(25-29-17-23-35(45)24-18-29)34-21-19-33(20-22-34)32-15-9-4-10-16-32)46-41(47)37-38(42(48)49)40(44(51)53-27-31-13-7-3-8-14-31)39(37)43(50)52-26-30-11-5-2-6-12-30/h2-24,28,36-40H,25-27H2,1H3,(H,46,47)(H,48,49)/t28-,36-,37+,38+,39+,40+/m0/s1. The van der Waals surface area contributed by atoms with E-state index in [-0.39, 0.29) is 19.1 Å². The van der Waals surface area contributed by atoms with Crippen molar-refractivity contribution in [2.24, 2.45) is 23.7 Å². The molecule has 2 N–H and O–H groups in total. The van der Waals surface area contributed by atoms with Gasteiger partial charge in [-0.2, -0.15) is 0 Å². The van der Waals surface area contributed by atoms with Gasteiger partial charge >= 0.3 is 17.9 Å². The van der Waals surface area contributed by atoms with Gasteiger partial charge in [0.25, 0.3) is 0 Å². The Morgan fingerprint density at radius 1 is 0.604 bits per heavy atom. The molecule has 0 saturated heterocycles. The van der Waals surface area contributed by atoms with Crippen molar-refractivity contribution in [1.29, 1.82) is 0 Å². The lowest BCUT2D eigenvalue weighted by Crippen LogP contribution is -2.63. The van der Waals surface area contributed by atoms with Gasteiger partial charge in [0, 0.05) is 17.0 Å². The van der Waals surface area contributed by atoms with Crippen molar-refractivity contribution in [3.8, 4) is 11.1 Å². The molecule has 0 unspecified atom stereocenters. The third-order valence-corrected chi connectivity index (χ3v) is 10.2. The number of nitrogens with one attached hydrogen (secondary N) is 1. The average Bonchev–Trinajstić information content (AvgIpc) is 3.16. The molecule has 0 aliphatic heterocycles. The van der Waals surface area contributed by atoms with Crippen LogP contribution < -0.4 is 5.32 Å². The summed E-state index contributed by atoms with van der Waals surface area (Å²) in [5.74, 6) is -9.64. The fraction of sp³-hybridized carbons (Fsp3) is 0.227. The van der Waals surface area contributed by atoms with Crippen LogP contribution in [-0.4, -0.2) is 35.0 Å². The van der Waals surface area contributed by atoms with Crippen LogP contribution in [0.5, 0.6) is 0 Å². The molecule has 9 heteroatoms. The summed E-state index contributed by atoms with van der Waals surface area (Å²) < 4.78 is 11.1. The van der Waals surface area contributed by atoms with Crippen molar-refractivity contribution in [2.45, 2.75) is 38.5 Å². The molecular weight excluding hydrogens is 690 g/mol. The number of carbonyl (C=O) groups is 4. The number of carboxylic acid groups (broad SMARTS) is 1. The predicted molar refractivity (Wildman–Crippen MR) is 201 cm³/mol. The van der Waals surface area contributed by atoms with E-state index in [0.29, 0.717) is 22.6 Å². The Morgan fingerprint density at radius 2 is 1.08 bits per heavy atom. The quantitative estimate of drug-likeness (QED) is 0.112. The molecule has 6 rings (SSSR count). The fourth-order valence-electron chi connectivity index (χ4n) is 7.05. The Hall–Kier alpha value is -5.73. The molecule has 53 heavy (non-hydrogen) atoms. The van der Waals surface area contributed by atoms with E-state index in [4.69, 9.17) is 21.1 Å². The molecular formula is C44H40ClNO7. The number of ether oxygens (including phenoxy) is 2. The molecule has 1 aliphatic carbocycles. The maximum Gasteiger partial charge on any atom is 0.311 e. The summed E-state index contributed by atoms with van der Waals surface area (Å²) in [5, 5.41) is 14.0.